The van der Waals surface area contributed by atoms with Crippen molar-refractivity contribution in [3.63, 3.8) is 0 Å². The Hall–Kier alpha value is -3.19. The Kier molecular flexibility index (Phi) is 3.07. The molecule has 7 nitrogen and oxygen atoms in total. The molecule has 0 unspecified atom stereocenters. The normalized spacial score (nSPS) is 14.2. The summed E-state index contributed by atoms with van der Waals surface area (Å²) >= 11 is 0. The molecule has 2 N–H and O–H groups in total. The third-order valence-corrected chi connectivity index (χ3v) is 4.51. The van der Waals surface area contributed by atoms with Crippen LogP contribution in [0.3, 0.4) is 0 Å². The third kappa shape index (κ3) is 2.36. The molecule has 1 aromatic carbocycles. The number of hydrogen-bond donors (Lipinski definition) is 1. The number of benzene rings is 1. The number of aromatic nitrogens is 4. The number of furan rings is 1. The van der Waals surface area contributed by atoms with Crippen LogP contribution in [0.5, 0.6) is 0 Å². The summed E-state index contributed by atoms with van der Waals surface area (Å²) in [5.74, 6) is 1.44. The summed E-state index contributed by atoms with van der Waals surface area (Å²) in [6.45, 7) is 2.58. The summed E-state index contributed by atoms with van der Waals surface area (Å²) < 4.78 is 6.97. The number of nitrogens with two attached hydrogens (primary N) is 1. The predicted molar refractivity (Wildman–Crippen MR) is 92.3 cm³/mol. The molecule has 5 rings (SSSR count). The zero-order valence-corrected chi connectivity index (χ0v) is 13.5. The zero-order chi connectivity index (χ0) is 16.8. The molecule has 4 aromatic rings. The molecule has 0 saturated heterocycles. The molecule has 0 radical (unpaired) electrons. The molecule has 7 heteroatoms. The van der Waals surface area contributed by atoms with Gasteiger partial charge in [0.1, 0.15) is 0 Å². The Balaban J connectivity index is 1.51. The van der Waals surface area contributed by atoms with Crippen LogP contribution in [-0.4, -0.2) is 24.5 Å². The van der Waals surface area contributed by atoms with Crippen molar-refractivity contribution in [2.45, 2.75) is 19.6 Å². The van der Waals surface area contributed by atoms with E-state index in [4.69, 9.17) is 10.2 Å². The molecule has 25 heavy (non-hydrogen) atoms. The first-order valence-electron chi connectivity index (χ1n) is 8.11. The first-order chi connectivity index (χ1) is 12.3. The molecule has 0 amide bonds. The number of nitrogens with zero attached hydrogens (tertiary/aromatic N) is 5. The predicted octanol–water partition coefficient (Wildman–Crippen LogP) is 2.48. The van der Waals surface area contributed by atoms with Crippen LogP contribution in [0.4, 0.5) is 5.95 Å². The van der Waals surface area contributed by atoms with Crippen molar-refractivity contribution in [1.29, 1.82) is 0 Å². The zero-order valence-electron chi connectivity index (χ0n) is 13.5. The van der Waals surface area contributed by atoms with E-state index in [2.05, 4.69) is 44.2 Å². The minimum Gasteiger partial charge on any atom is -0.461 e. The van der Waals surface area contributed by atoms with Gasteiger partial charge in [-0.3, -0.25) is 4.90 Å². The molecule has 3 aromatic heterocycles. The maximum atomic E-state index is 5.97. The molecular formula is C18H16N6O. The van der Waals surface area contributed by atoms with E-state index in [1.807, 2.05) is 12.1 Å². The summed E-state index contributed by atoms with van der Waals surface area (Å²) in [6.07, 6.45) is 3.39. The molecule has 1 aliphatic heterocycles. The van der Waals surface area contributed by atoms with Crippen LogP contribution in [0.25, 0.3) is 17.2 Å². The van der Waals surface area contributed by atoms with Crippen LogP contribution in [0.15, 0.2) is 53.3 Å². The molecule has 0 bridgehead atoms. The smallest absolute Gasteiger partial charge is 0.223 e. The van der Waals surface area contributed by atoms with Crippen molar-refractivity contribution < 1.29 is 4.42 Å². The van der Waals surface area contributed by atoms with Gasteiger partial charge in [-0.25, -0.2) is 9.97 Å². The molecule has 0 atom stereocenters. The Morgan fingerprint density at radius 2 is 1.88 bits per heavy atom. The van der Waals surface area contributed by atoms with Gasteiger partial charge in [-0.15, -0.1) is 5.10 Å². The number of nitrogen functional groups attached to an aromatic ring is 1. The lowest BCUT2D eigenvalue weighted by atomic mass is 10.1. The monoisotopic (exact) mass is 332 g/mol. The largest absolute Gasteiger partial charge is 0.461 e. The molecule has 124 valence electrons. The number of rotatable bonds is 3. The highest BCUT2D eigenvalue weighted by Gasteiger charge is 2.21. The fourth-order valence-electron chi connectivity index (χ4n) is 3.31. The van der Waals surface area contributed by atoms with E-state index < -0.39 is 0 Å². The van der Waals surface area contributed by atoms with E-state index in [9.17, 15) is 0 Å². The topological polar surface area (TPSA) is 85.5 Å². The average molecular weight is 332 g/mol. The van der Waals surface area contributed by atoms with Crippen molar-refractivity contribution in [3.05, 3.63) is 65.5 Å². The minimum atomic E-state index is 0.314. The third-order valence-electron chi connectivity index (χ3n) is 4.51. The van der Waals surface area contributed by atoms with Crippen LogP contribution in [-0.2, 0) is 19.6 Å². The Labute approximate surface area is 143 Å². The van der Waals surface area contributed by atoms with Gasteiger partial charge >= 0.3 is 0 Å². The SMILES string of the molecule is Nc1ncc(CN2Cc3ccccc3C2)c2nc(-c3ccco3)nn12. The van der Waals surface area contributed by atoms with Crippen LogP contribution < -0.4 is 5.73 Å². The number of hydrogen-bond acceptors (Lipinski definition) is 6. The highest BCUT2D eigenvalue weighted by molar-refractivity contribution is 5.57. The van der Waals surface area contributed by atoms with Gasteiger partial charge in [0.05, 0.1) is 6.26 Å². The summed E-state index contributed by atoms with van der Waals surface area (Å²) in [4.78, 5) is 11.3. The summed E-state index contributed by atoms with van der Waals surface area (Å²) in [6, 6.07) is 12.2. The second-order valence-electron chi connectivity index (χ2n) is 6.20. The van der Waals surface area contributed by atoms with E-state index in [0.717, 1.165) is 30.8 Å². The molecule has 4 heterocycles. The molecule has 0 saturated carbocycles. The van der Waals surface area contributed by atoms with E-state index in [-0.39, 0.29) is 0 Å². The van der Waals surface area contributed by atoms with Gasteiger partial charge in [-0.05, 0) is 23.3 Å². The molecule has 1 aliphatic rings. The van der Waals surface area contributed by atoms with Crippen LogP contribution in [0.1, 0.15) is 16.7 Å². The van der Waals surface area contributed by atoms with Gasteiger partial charge in [0.25, 0.3) is 0 Å². The molecule has 0 aliphatic carbocycles. The Morgan fingerprint density at radius 3 is 2.60 bits per heavy atom. The first kappa shape index (κ1) is 14.2. The lowest BCUT2D eigenvalue weighted by Crippen LogP contribution is -2.17. The maximum absolute atomic E-state index is 5.97. The average Bonchev–Trinajstić information content (AvgIpc) is 3.35. The highest BCUT2D eigenvalue weighted by Crippen LogP contribution is 2.26. The molecule has 0 spiro atoms. The van der Waals surface area contributed by atoms with E-state index in [1.54, 1.807) is 17.0 Å². The van der Waals surface area contributed by atoms with Gasteiger partial charge in [-0.1, -0.05) is 24.3 Å². The fraction of sp³-hybridized carbons (Fsp3) is 0.167. The van der Waals surface area contributed by atoms with Gasteiger partial charge in [-0.2, -0.15) is 4.52 Å². The summed E-state index contributed by atoms with van der Waals surface area (Å²) in [5.41, 5.74) is 10.4. The van der Waals surface area contributed by atoms with Crippen molar-refractivity contribution in [2.24, 2.45) is 0 Å². The van der Waals surface area contributed by atoms with Crippen molar-refractivity contribution in [2.75, 3.05) is 5.73 Å². The van der Waals surface area contributed by atoms with Crippen molar-refractivity contribution in [3.8, 4) is 11.6 Å². The van der Waals surface area contributed by atoms with Gasteiger partial charge in [0.15, 0.2) is 11.4 Å². The lowest BCUT2D eigenvalue weighted by molar-refractivity contribution is 0.275. The van der Waals surface area contributed by atoms with Crippen LogP contribution in [0.2, 0.25) is 0 Å². The van der Waals surface area contributed by atoms with Crippen LogP contribution >= 0.6 is 0 Å². The van der Waals surface area contributed by atoms with Crippen LogP contribution in [0, 0.1) is 0 Å². The van der Waals surface area contributed by atoms with E-state index in [1.165, 1.54) is 11.1 Å². The maximum Gasteiger partial charge on any atom is 0.223 e. The van der Waals surface area contributed by atoms with Crippen molar-refractivity contribution >= 4 is 11.6 Å². The molecule has 0 fully saturated rings. The lowest BCUT2D eigenvalue weighted by Gasteiger charge is -2.15. The fourth-order valence-corrected chi connectivity index (χ4v) is 3.31. The second kappa shape index (κ2) is 5.42. The molecular weight excluding hydrogens is 316 g/mol. The van der Waals surface area contributed by atoms with Gasteiger partial charge < -0.3 is 10.2 Å². The van der Waals surface area contributed by atoms with Crippen molar-refractivity contribution in [1.82, 2.24) is 24.5 Å². The van der Waals surface area contributed by atoms with Gasteiger partial charge in [0.2, 0.25) is 11.8 Å². The highest BCUT2D eigenvalue weighted by atomic mass is 16.3. The number of anilines is 1. The minimum absolute atomic E-state index is 0.314. The number of fused-ring (bicyclic) bond motifs is 2. The van der Waals surface area contributed by atoms with E-state index in [0.29, 0.717) is 17.5 Å². The summed E-state index contributed by atoms with van der Waals surface area (Å²) in [7, 11) is 0. The Morgan fingerprint density at radius 1 is 1.08 bits per heavy atom. The standard InChI is InChI=1S/C18H16N6O/c19-18-20-8-14(11-23-9-12-4-1-2-5-13(12)10-23)17-21-16(22-24(17)18)15-6-3-7-25-15/h1-8H,9-11H2,(H2,19,20). The van der Waals surface area contributed by atoms with Gasteiger partial charge in [0, 0.05) is 31.4 Å². The quantitative estimate of drug-likeness (QED) is 0.620. The summed E-state index contributed by atoms with van der Waals surface area (Å²) in [5, 5.41) is 4.44. The second-order valence-corrected chi connectivity index (χ2v) is 6.20. The first-order valence-corrected chi connectivity index (χ1v) is 8.11. The van der Waals surface area contributed by atoms with E-state index >= 15 is 0 Å². The Bertz CT molecular complexity index is 1030.